The third-order valence-electron chi connectivity index (χ3n) is 16.1. The SMILES string of the molecule is CC1=C(c2ccc(C(=O)N3Cc4ccc(C(=O)N5CCN(C)CC5)n4Cc4ccccc43)cc2C)CCCC1O.CC1=C(c2ccc(C(=O)N3Cc4ccc(C(=O)O)n4Cc4ccccc43)cc2C)CCCC1O. The maximum Gasteiger partial charge on any atom is 0.352 e. The maximum absolute atomic E-state index is 14.1. The van der Waals surface area contributed by atoms with Crippen LogP contribution in [-0.4, -0.2) is 103 Å². The predicted octanol–water partition coefficient (Wildman–Crippen LogP) is 9.73. The molecule has 2 unspecified atom stereocenters. The van der Waals surface area contributed by atoms with E-state index in [-0.39, 0.29) is 29.5 Å². The number of amides is 3. The van der Waals surface area contributed by atoms with E-state index in [2.05, 4.69) is 16.5 Å². The number of hydrogen-bond acceptors (Lipinski definition) is 7. The Morgan fingerprint density at radius 1 is 0.514 bits per heavy atom. The number of piperazine rings is 1. The van der Waals surface area contributed by atoms with E-state index in [4.69, 9.17) is 0 Å². The monoisotopic (exact) mass is 994 g/mol. The second-order valence-corrected chi connectivity index (χ2v) is 20.7. The van der Waals surface area contributed by atoms with E-state index in [1.165, 1.54) is 11.1 Å². The van der Waals surface area contributed by atoms with Crippen molar-refractivity contribution in [3.05, 3.63) is 188 Å². The second-order valence-electron chi connectivity index (χ2n) is 20.7. The Kier molecular flexibility index (Phi) is 14.2. The number of hydrogen-bond donors (Lipinski definition) is 3. The molecule has 5 heterocycles. The van der Waals surface area contributed by atoms with Gasteiger partial charge in [0.1, 0.15) is 11.4 Å². The van der Waals surface area contributed by atoms with E-state index in [1.807, 2.05) is 135 Å². The van der Waals surface area contributed by atoms with Crippen molar-refractivity contribution < 1.29 is 34.5 Å². The van der Waals surface area contributed by atoms with Gasteiger partial charge in [-0.2, -0.15) is 0 Å². The first kappa shape index (κ1) is 50.2. The molecule has 0 bridgehead atoms. The minimum atomic E-state index is -0.979. The summed E-state index contributed by atoms with van der Waals surface area (Å²) >= 11 is 0. The summed E-state index contributed by atoms with van der Waals surface area (Å²) in [6.45, 7) is 12.9. The molecule has 11 rings (SSSR count). The number of anilines is 2. The lowest BCUT2D eigenvalue weighted by Gasteiger charge is -2.32. The maximum atomic E-state index is 14.1. The minimum Gasteiger partial charge on any atom is -0.477 e. The molecule has 3 N–H and O–H groups in total. The van der Waals surface area contributed by atoms with E-state index < -0.39 is 12.1 Å². The molecule has 6 aromatic rings. The second kappa shape index (κ2) is 20.9. The van der Waals surface area contributed by atoms with Crippen LogP contribution in [0.25, 0.3) is 11.1 Å². The van der Waals surface area contributed by atoms with Gasteiger partial charge in [-0.25, -0.2) is 4.79 Å². The fourth-order valence-electron chi connectivity index (χ4n) is 11.7. The zero-order chi connectivity index (χ0) is 51.9. The molecule has 2 atom stereocenters. The summed E-state index contributed by atoms with van der Waals surface area (Å²) in [5, 5.41) is 30.3. The van der Waals surface area contributed by atoms with Crippen LogP contribution in [-0.2, 0) is 26.2 Å². The van der Waals surface area contributed by atoms with Crippen LogP contribution in [0.1, 0.15) is 139 Å². The summed E-state index contributed by atoms with van der Waals surface area (Å²) in [4.78, 5) is 60.9. The van der Waals surface area contributed by atoms with Crippen molar-refractivity contribution >= 4 is 46.2 Å². The van der Waals surface area contributed by atoms with Crippen molar-refractivity contribution in [3.8, 4) is 0 Å². The first-order valence-electron chi connectivity index (χ1n) is 26.0. The molecule has 5 aliphatic rings. The lowest BCUT2D eigenvalue weighted by Crippen LogP contribution is -2.47. The Labute approximate surface area is 433 Å². The number of carboxylic acids is 1. The Bertz CT molecular complexity index is 3260. The highest BCUT2D eigenvalue weighted by molar-refractivity contribution is 6.08. The lowest BCUT2D eigenvalue weighted by atomic mass is 9.84. The van der Waals surface area contributed by atoms with Crippen molar-refractivity contribution in [2.75, 3.05) is 43.0 Å². The fourth-order valence-corrected chi connectivity index (χ4v) is 11.7. The van der Waals surface area contributed by atoms with Crippen molar-refractivity contribution in [1.29, 1.82) is 0 Å². The van der Waals surface area contributed by atoms with Gasteiger partial charge in [0.2, 0.25) is 0 Å². The zero-order valence-corrected chi connectivity index (χ0v) is 43.1. The highest BCUT2D eigenvalue weighted by Crippen LogP contribution is 2.38. The van der Waals surface area contributed by atoms with E-state index in [0.29, 0.717) is 43.0 Å². The molecule has 2 aliphatic carbocycles. The van der Waals surface area contributed by atoms with Gasteiger partial charge in [-0.3, -0.25) is 14.4 Å². The van der Waals surface area contributed by atoms with Crippen LogP contribution < -0.4 is 9.80 Å². The number of likely N-dealkylation sites (N-methyl/N-ethyl adjacent to an activating group) is 1. The summed E-state index contributed by atoms with van der Waals surface area (Å²) in [5.74, 6) is -1.10. The third kappa shape index (κ3) is 9.67. The van der Waals surface area contributed by atoms with Gasteiger partial charge in [-0.15, -0.1) is 0 Å². The number of nitrogens with zero attached hydrogens (tertiary/aromatic N) is 6. The van der Waals surface area contributed by atoms with E-state index in [9.17, 15) is 34.5 Å². The topological polar surface area (TPSA) is 152 Å². The molecule has 382 valence electrons. The van der Waals surface area contributed by atoms with E-state index in [1.54, 1.807) is 21.6 Å². The molecular weight excluding hydrogens is 929 g/mol. The van der Waals surface area contributed by atoms with Crippen LogP contribution in [0.15, 0.2) is 120 Å². The Morgan fingerprint density at radius 2 is 0.959 bits per heavy atom. The van der Waals surface area contributed by atoms with Gasteiger partial charge < -0.3 is 44.1 Å². The number of aromatic nitrogens is 2. The quantitative estimate of drug-likeness (QED) is 0.149. The molecular formula is C61H66N6O7. The molecule has 0 radical (unpaired) electrons. The number of rotatable bonds is 6. The Morgan fingerprint density at radius 3 is 1.42 bits per heavy atom. The van der Waals surface area contributed by atoms with Gasteiger partial charge in [-0.1, -0.05) is 48.5 Å². The van der Waals surface area contributed by atoms with Crippen LogP contribution in [0.5, 0.6) is 0 Å². The number of benzene rings is 4. The average Bonchev–Trinajstić information content (AvgIpc) is 3.89. The summed E-state index contributed by atoms with van der Waals surface area (Å²) in [5.41, 5.74) is 16.1. The summed E-state index contributed by atoms with van der Waals surface area (Å²) in [7, 11) is 2.08. The molecule has 13 nitrogen and oxygen atoms in total. The number of aliphatic hydroxyl groups is 2. The van der Waals surface area contributed by atoms with Crippen molar-refractivity contribution in [2.24, 2.45) is 0 Å². The van der Waals surface area contributed by atoms with Gasteiger partial charge in [0.15, 0.2) is 0 Å². The zero-order valence-electron chi connectivity index (χ0n) is 43.1. The molecule has 3 aliphatic heterocycles. The molecule has 74 heavy (non-hydrogen) atoms. The Balaban J connectivity index is 0.000000172. The first-order valence-corrected chi connectivity index (χ1v) is 26.0. The molecule has 2 aromatic heterocycles. The third-order valence-corrected chi connectivity index (χ3v) is 16.1. The smallest absolute Gasteiger partial charge is 0.352 e. The van der Waals surface area contributed by atoms with Crippen LogP contribution in [0.4, 0.5) is 11.4 Å². The number of carbonyl (C=O) groups is 4. The van der Waals surface area contributed by atoms with E-state index in [0.717, 1.165) is 132 Å². The normalized spacial score (nSPS) is 18.8. The summed E-state index contributed by atoms with van der Waals surface area (Å²) in [6.07, 6.45) is 4.62. The number of aliphatic hydroxyl groups excluding tert-OH is 2. The molecule has 1 saturated heterocycles. The van der Waals surface area contributed by atoms with Gasteiger partial charge in [0.25, 0.3) is 17.7 Å². The highest BCUT2D eigenvalue weighted by Gasteiger charge is 2.32. The number of para-hydroxylation sites is 2. The fraction of sp³-hybridized carbons (Fsp3) is 0.344. The lowest BCUT2D eigenvalue weighted by molar-refractivity contribution is 0.0651. The van der Waals surface area contributed by atoms with E-state index >= 15 is 0 Å². The number of carboxylic acid groups (broad SMARTS) is 1. The standard InChI is InChI=1S/C33H38N4O3.C28H28N2O4/c1-22-19-24(11-13-27(22)28-8-6-10-31(38)23(28)2)32(39)37-21-26-12-14-30(33(40)35-17-15-34(3)16-18-35)36(26)20-25-7-4-5-9-29(25)37;1-17-14-19(10-12-22(17)23-7-5-9-26(31)18(23)2)27(32)30-16-21-11-13-25(28(33)34)29(21)15-20-6-3-4-8-24(20)30/h4-5,7,9,11-14,19,31,38H,6,8,10,15-18,20-21H2,1-3H3;3-4,6,8,10-14,26,31H,5,7,9,15-16H2,1-2H3,(H,33,34). The minimum absolute atomic E-state index is 0.0558. The molecule has 4 aromatic carbocycles. The highest BCUT2D eigenvalue weighted by atomic mass is 16.4. The number of allylic oxidation sites excluding steroid dienone is 2. The van der Waals surface area contributed by atoms with Gasteiger partial charge in [0.05, 0.1) is 38.4 Å². The number of aromatic carboxylic acids is 1. The number of carbonyl (C=O) groups excluding carboxylic acids is 3. The molecule has 3 amide bonds. The first-order chi connectivity index (χ1) is 35.7. The summed E-state index contributed by atoms with van der Waals surface area (Å²) in [6, 6.07) is 34.7. The molecule has 1 fully saturated rings. The average molecular weight is 995 g/mol. The largest absolute Gasteiger partial charge is 0.477 e. The number of fused-ring (bicyclic) bond motifs is 4. The molecule has 0 spiro atoms. The van der Waals surface area contributed by atoms with Crippen LogP contribution in [0.2, 0.25) is 0 Å². The molecule has 0 saturated carbocycles. The molecule has 13 heteroatoms. The van der Waals surface area contributed by atoms with Gasteiger partial charge >= 0.3 is 5.97 Å². The van der Waals surface area contributed by atoms with Gasteiger partial charge in [-0.05, 0) is 190 Å². The van der Waals surface area contributed by atoms with Gasteiger partial charge in [0, 0.05) is 60.1 Å². The van der Waals surface area contributed by atoms with Crippen LogP contribution in [0.3, 0.4) is 0 Å². The number of aryl methyl sites for hydroxylation is 2. The summed E-state index contributed by atoms with van der Waals surface area (Å²) < 4.78 is 3.86. The van der Waals surface area contributed by atoms with Crippen molar-refractivity contribution in [2.45, 2.75) is 105 Å². The predicted molar refractivity (Wildman–Crippen MR) is 289 cm³/mol. The van der Waals surface area contributed by atoms with Crippen molar-refractivity contribution in [3.63, 3.8) is 0 Å². The van der Waals surface area contributed by atoms with Crippen LogP contribution >= 0.6 is 0 Å². The van der Waals surface area contributed by atoms with Crippen LogP contribution in [0, 0.1) is 13.8 Å². The Hall–Kier alpha value is -7.32. The van der Waals surface area contributed by atoms with Crippen molar-refractivity contribution in [1.82, 2.24) is 18.9 Å².